The van der Waals surface area contributed by atoms with Crippen molar-refractivity contribution in [1.29, 1.82) is 0 Å². The molecule has 0 aliphatic carbocycles. The molecule has 0 spiro atoms. The zero-order chi connectivity index (χ0) is 14.8. The second-order valence-corrected chi connectivity index (χ2v) is 4.38. The van der Waals surface area contributed by atoms with Crippen LogP contribution in [0, 0.1) is 0 Å². The predicted molar refractivity (Wildman–Crippen MR) is 59.0 cm³/mol. The molecule has 0 fully saturated rings. The van der Waals surface area contributed by atoms with E-state index in [1.54, 1.807) is 0 Å². The topological polar surface area (TPSA) is 17.1 Å². The number of aldehydes is 1. The lowest BCUT2D eigenvalue weighted by Gasteiger charge is -2.16. The average Bonchev–Trinajstić information content (AvgIpc) is 2.28. The SMILES string of the molecule is O=CC(CBr)c1cc(C(F)(F)F)cc(C(F)(F)F)c1. The lowest BCUT2D eigenvalue weighted by molar-refractivity contribution is -0.143. The van der Waals surface area contributed by atoms with Crippen LogP contribution < -0.4 is 0 Å². The summed E-state index contributed by atoms with van der Waals surface area (Å²) in [4.78, 5) is 10.7. The van der Waals surface area contributed by atoms with Crippen molar-refractivity contribution in [2.45, 2.75) is 18.3 Å². The Balaban J connectivity index is 3.45. The van der Waals surface area contributed by atoms with Gasteiger partial charge < -0.3 is 4.79 Å². The van der Waals surface area contributed by atoms with Crippen LogP contribution in [0.5, 0.6) is 0 Å². The second-order valence-electron chi connectivity index (χ2n) is 3.74. The van der Waals surface area contributed by atoms with Gasteiger partial charge in [0.05, 0.1) is 11.1 Å². The number of alkyl halides is 7. The van der Waals surface area contributed by atoms with Crippen LogP contribution in [0.15, 0.2) is 18.2 Å². The predicted octanol–water partition coefficient (Wildman–Crippen LogP) is 4.40. The molecule has 19 heavy (non-hydrogen) atoms. The summed E-state index contributed by atoms with van der Waals surface area (Å²) in [5, 5.41) is -0.0604. The molecular formula is C11H7BrF6O. The van der Waals surface area contributed by atoms with E-state index in [1.807, 2.05) is 0 Å². The molecule has 1 aromatic rings. The van der Waals surface area contributed by atoms with Crippen molar-refractivity contribution in [3.8, 4) is 0 Å². The molecule has 0 N–H and O–H groups in total. The summed E-state index contributed by atoms with van der Waals surface area (Å²) in [7, 11) is 0. The lowest BCUT2D eigenvalue weighted by Crippen LogP contribution is -2.13. The molecule has 1 aromatic carbocycles. The van der Waals surface area contributed by atoms with Gasteiger partial charge in [-0.15, -0.1) is 0 Å². The van der Waals surface area contributed by atoms with E-state index in [9.17, 15) is 31.1 Å². The van der Waals surface area contributed by atoms with Gasteiger partial charge in [-0.1, -0.05) is 15.9 Å². The third-order valence-electron chi connectivity index (χ3n) is 2.37. The third-order valence-corrected chi connectivity index (χ3v) is 3.07. The summed E-state index contributed by atoms with van der Waals surface area (Å²) in [5.41, 5.74) is -3.18. The first-order valence-corrected chi connectivity index (χ1v) is 6.02. The molecule has 1 rings (SSSR count). The molecular weight excluding hydrogens is 342 g/mol. The van der Waals surface area contributed by atoms with Crippen LogP contribution >= 0.6 is 15.9 Å². The molecule has 0 amide bonds. The van der Waals surface area contributed by atoms with E-state index in [1.165, 1.54) is 0 Å². The second kappa shape index (κ2) is 5.52. The molecule has 8 heteroatoms. The van der Waals surface area contributed by atoms with Crippen molar-refractivity contribution in [2.24, 2.45) is 0 Å². The Morgan fingerprint density at radius 2 is 1.42 bits per heavy atom. The molecule has 0 saturated carbocycles. The smallest absolute Gasteiger partial charge is 0.303 e. The van der Waals surface area contributed by atoms with Gasteiger partial charge in [0.25, 0.3) is 0 Å². The van der Waals surface area contributed by atoms with Crippen molar-refractivity contribution < 1.29 is 31.1 Å². The van der Waals surface area contributed by atoms with Crippen LogP contribution in [-0.4, -0.2) is 11.6 Å². The molecule has 1 atom stereocenters. The Hall–Kier alpha value is -1.05. The summed E-state index contributed by atoms with van der Waals surface area (Å²) in [5.74, 6) is -1.07. The summed E-state index contributed by atoms with van der Waals surface area (Å²) in [6, 6.07) is 1.13. The molecule has 0 saturated heterocycles. The average molecular weight is 349 g/mol. The quantitative estimate of drug-likeness (QED) is 0.449. The highest BCUT2D eigenvalue weighted by molar-refractivity contribution is 9.09. The first-order chi connectivity index (χ1) is 8.59. The summed E-state index contributed by atoms with van der Waals surface area (Å²) in [6.45, 7) is 0. The van der Waals surface area contributed by atoms with Gasteiger partial charge in [0.15, 0.2) is 0 Å². The highest BCUT2D eigenvalue weighted by Gasteiger charge is 2.37. The van der Waals surface area contributed by atoms with Crippen LogP contribution in [0.1, 0.15) is 22.6 Å². The lowest BCUT2D eigenvalue weighted by atomic mass is 9.97. The van der Waals surface area contributed by atoms with E-state index in [4.69, 9.17) is 0 Å². The van der Waals surface area contributed by atoms with Crippen molar-refractivity contribution in [2.75, 3.05) is 5.33 Å². The standard InChI is InChI=1S/C11H7BrF6O/c12-4-7(5-19)6-1-8(10(13,14)15)3-9(2-6)11(16,17)18/h1-3,5,7H,4H2. The first kappa shape index (κ1) is 16.0. The number of hydrogen-bond acceptors (Lipinski definition) is 1. The van der Waals surface area contributed by atoms with E-state index in [0.717, 1.165) is 0 Å². The Morgan fingerprint density at radius 1 is 1.00 bits per heavy atom. The van der Waals surface area contributed by atoms with Gasteiger partial charge in [0.1, 0.15) is 6.29 Å². The van der Waals surface area contributed by atoms with Gasteiger partial charge in [-0.05, 0) is 23.8 Å². The minimum absolute atomic E-state index is 0.0274. The van der Waals surface area contributed by atoms with Crippen molar-refractivity contribution in [3.05, 3.63) is 34.9 Å². The maximum Gasteiger partial charge on any atom is 0.416 e. The van der Waals surface area contributed by atoms with E-state index in [2.05, 4.69) is 15.9 Å². The molecule has 0 heterocycles. The van der Waals surface area contributed by atoms with E-state index >= 15 is 0 Å². The van der Waals surface area contributed by atoms with Crippen LogP contribution in [0.4, 0.5) is 26.3 Å². The third kappa shape index (κ3) is 3.95. The molecule has 1 nitrogen and oxygen atoms in total. The monoisotopic (exact) mass is 348 g/mol. The number of benzene rings is 1. The largest absolute Gasteiger partial charge is 0.416 e. The Labute approximate surface area is 112 Å². The number of halogens is 7. The van der Waals surface area contributed by atoms with Gasteiger partial charge in [0, 0.05) is 11.2 Å². The van der Waals surface area contributed by atoms with Gasteiger partial charge in [-0.2, -0.15) is 26.3 Å². The number of rotatable bonds is 3. The molecule has 0 aromatic heterocycles. The fourth-order valence-electron chi connectivity index (χ4n) is 1.40. The summed E-state index contributed by atoms with van der Waals surface area (Å²) < 4.78 is 75.2. The number of hydrogen-bond donors (Lipinski definition) is 0. The molecule has 0 bridgehead atoms. The Morgan fingerprint density at radius 3 is 1.68 bits per heavy atom. The van der Waals surface area contributed by atoms with Crippen LogP contribution in [0.3, 0.4) is 0 Å². The van der Waals surface area contributed by atoms with Crippen molar-refractivity contribution in [1.82, 2.24) is 0 Å². The highest BCUT2D eigenvalue weighted by Crippen LogP contribution is 2.37. The summed E-state index contributed by atoms with van der Waals surface area (Å²) >= 11 is 2.87. The fourth-order valence-corrected chi connectivity index (χ4v) is 1.92. The molecule has 106 valence electrons. The fraction of sp³-hybridized carbons (Fsp3) is 0.364. The molecule has 0 aliphatic rings. The summed E-state index contributed by atoms with van der Waals surface area (Å²) in [6.07, 6.45) is -9.52. The normalized spacial score (nSPS) is 14.3. The van der Waals surface area contributed by atoms with Crippen molar-refractivity contribution >= 4 is 22.2 Å². The molecule has 1 unspecified atom stereocenters. The van der Waals surface area contributed by atoms with Crippen LogP contribution in [-0.2, 0) is 17.1 Å². The van der Waals surface area contributed by atoms with Crippen molar-refractivity contribution in [3.63, 3.8) is 0 Å². The molecule has 0 radical (unpaired) electrons. The minimum atomic E-state index is -4.91. The first-order valence-electron chi connectivity index (χ1n) is 4.90. The number of carbonyl (C=O) groups is 1. The van der Waals surface area contributed by atoms with Crippen LogP contribution in [0.2, 0.25) is 0 Å². The minimum Gasteiger partial charge on any atom is -0.303 e. The maximum absolute atomic E-state index is 12.5. The highest BCUT2D eigenvalue weighted by atomic mass is 79.9. The number of carbonyl (C=O) groups excluding carboxylic acids is 1. The van der Waals surface area contributed by atoms with Gasteiger partial charge in [0.2, 0.25) is 0 Å². The molecule has 0 aliphatic heterocycles. The van der Waals surface area contributed by atoms with Crippen LogP contribution in [0.25, 0.3) is 0 Å². The van der Waals surface area contributed by atoms with Gasteiger partial charge >= 0.3 is 12.4 Å². The van der Waals surface area contributed by atoms with Gasteiger partial charge in [-0.25, -0.2) is 0 Å². The van der Waals surface area contributed by atoms with E-state index in [-0.39, 0.29) is 17.0 Å². The maximum atomic E-state index is 12.5. The zero-order valence-electron chi connectivity index (χ0n) is 9.15. The van der Waals surface area contributed by atoms with Gasteiger partial charge in [-0.3, -0.25) is 0 Å². The van der Waals surface area contributed by atoms with E-state index in [0.29, 0.717) is 18.4 Å². The zero-order valence-corrected chi connectivity index (χ0v) is 10.7. The Bertz CT molecular complexity index is 433. The van der Waals surface area contributed by atoms with E-state index < -0.39 is 29.4 Å². The Kier molecular flexibility index (Phi) is 4.65.